The van der Waals surface area contributed by atoms with E-state index in [9.17, 15) is 0 Å². The molecule has 0 amide bonds. The first kappa shape index (κ1) is 17.9. The zero-order valence-electron chi connectivity index (χ0n) is 14.5. The summed E-state index contributed by atoms with van der Waals surface area (Å²) in [6.07, 6.45) is 11.1. The molecule has 2 aromatic heterocycles. The van der Waals surface area contributed by atoms with Gasteiger partial charge in [-0.2, -0.15) is 11.8 Å². The third-order valence-corrected chi connectivity index (χ3v) is 4.75. The van der Waals surface area contributed by atoms with Crippen LogP contribution in [-0.2, 0) is 6.61 Å². The molecule has 7 heteroatoms. The molecule has 0 spiro atoms. The van der Waals surface area contributed by atoms with E-state index in [-0.39, 0.29) is 6.10 Å². The van der Waals surface area contributed by atoms with Crippen molar-refractivity contribution in [3.8, 4) is 11.8 Å². The minimum absolute atomic E-state index is 0.169. The lowest BCUT2D eigenvalue weighted by Crippen LogP contribution is -2.39. The summed E-state index contributed by atoms with van der Waals surface area (Å²) in [7, 11) is 0. The molecule has 0 unspecified atom stereocenters. The standard InChI is InChI=1S/C18H24N4O2S/c1-25-12-11-22-9-4-16(5-10-22)24-18-17(20-7-8-21-18)23-14-15-3-2-6-19-13-15/h2-3,6-8,13,16H,4-5,9-12,14H2,1H3. The number of nitrogens with zero attached hydrogens (tertiary/aromatic N) is 4. The quantitative estimate of drug-likeness (QED) is 0.717. The van der Waals surface area contributed by atoms with Crippen LogP contribution in [0.2, 0.25) is 0 Å². The number of aromatic nitrogens is 3. The molecule has 134 valence electrons. The van der Waals surface area contributed by atoms with Gasteiger partial charge in [0.25, 0.3) is 11.8 Å². The van der Waals surface area contributed by atoms with E-state index in [0.29, 0.717) is 18.4 Å². The summed E-state index contributed by atoms with van der Waals surface area (Å²) >= 11 is 1.89. The maximum Gasteiger partial charge on any atom is 0.278 e. The third-order valence-electron chi connectivity index (χ3n) is 4.16. The molecule has 0 atom stereocenters. The van der Waals surface area contributed by atoms with Gasteiger partial charge < -0.3 is 14.4 Å². The number of hydrogen-bond acceptors (Lipinski definition) is 7. The molecular formula is C18H24N4O2S. The number of pyridine rings is 1. The summed E-state index contributed by atoms with van der Waals surface area (Å²) in [6.45, 7) is 3.68. The molecule has 1 aliphatic rings. The Bertz CT molecular complexity index is 636. The highest BCUT2D eigenvalue weighted by molar-refractivity contribution is 7.98. The SMILES string of the molecule is CSCCN1CCC(Oc2nccnc2OCc2cccnc2)CC1. The summed E-state index contributed by atoms with van der Waals surface area (Å²) in [5, 5.41) is 0. The second kappa shape index (κ2) is 9.58. The van der Waals surface area contributed by atoms with Crippen LogP contribution in [0.1, 0.15) is 18.4 Å². The minimum Gasteiger partial charge on any atom is -0.470 e. The lowest BCUT2D eigenvalue weighted by atomic mass is 10.1. The normalized spacial score (nSPS) is 15.9. The summed E-state index contributed by atoms with van der Waals surface area (Å²) in [4.78, 5) is 15.2. The zero-order valence-corrected chi connectivity index (χ0v) is 15.3. The topological polar surface area (TPSA) is 60.4 Å². The largest absolute Gasteiger partial charge is 0.470 e. The van der Waals surface area contributed by atoms with Gasteiger partial charge in [-0.3, -0.25) is 4.98 Å². The Kier molecular flexibility index (Phi) is 6.88. The maximum absolute atomic E-state index is 6.08. The lowest BCUT2D eigenvalue weighted by Gasteiger charge is -2.31. The summed E-state index contributed by atoms with van der Waals surface area (Å²) in [5.74, 6) is 2.10. The number of ether oxygens (including phenoxy) is 2. The first-order valence-electron chi connectivity index (χ1n) is 8.56. The van der Waals surface area contributed by atoms with E-state index < -0.39 is 0 Å². The Labute approximate surface area is 153 Å². The number of thioether (sulfide) groups is 1. The first-order valence-corrected chi connectivity index (χ1v) is 9.95. The Morgan fingerprint density at radius 1 is 1.16 bits per heavy atom. The van der Waals surface area contributed by atoms with Gasteiger partial charge in [-0.1, -0.05) is 6.07 Å². The average Bonchev–Trinajstić information content (AvgIpc) is 2.67. The molecule has 1 aliphatic heterocycles. The van der Waals surface area contributed by atoms with E-state index in [0.717, 1.165) is 38.0 Å². The fourth-order valence-corrected chi connectivity index (χ4v) is 3.20. The summed E-state index contributed by atoms with van der Waals surface area (Å²) in [5.41, 5.74) is 0.987. The average molecular weight is 360 g/mol. The highest BCUT2D eigenvalue weighted by atomic mass is 32.2. The Morgan fingerprint density at radius 2 is 1.96 bits per heavy atom. The van der Waals surface area contributed by atoms with Crippen molar-refractivity contribution >= 4 is 11.8 Å². The molecule has 1 saturated heterocycles. The monoisotopic (exact) mass is 360 g/mol. The molecule has 0 bridgehead atoms. The Balaban J connectivity index is 1.53. The van der Waals surface area contributed by atoms with Crippen LogP contribution in [0.25, 0.3) is 0 Å². The fraction of sp³-hybridized carbons (Fsp3) is 0.500. The maximum atomic E-state index is 6.08. The molecule has 0 aliphatic carbocycles. The van der Waals surface area contributed by atoms with Crippen molar-refractivity contribution in [2.45, 2.75) is 25.6 Å². The Morgan fingerprint density at radius 3 is 2.68 bits per heavy atom. The van der Waals surface area contributed by atoms with Gasteiger partial charge >= 0.3 is 0 Å². The molecule has 0 saturated carbocycles. The van der Waals surface area contributed by atoms with Crippen LogP contribution in [0.5, 0.6) is 11.8 Å². The third kappa shape index (κ3) is 5.57. The molecule has 2 aromatic rings. The van der Waals surface area contributed by atoms with Gasteiger partial charge in [-0.25, -0.2) is 9.97 Å². The van der Waals surface area contributed by atoms with E-state index in [1.165, 1.54) is 5.75 Å². The van der Waals surface area contributed by atoms with Crippen molar-refractivity contribution in [1.82, 2.24) is 19.9 Å². The predicted molar refractivity (Wildman–Crippen MR) is 99.1 cm³/mol. The van der Waals surface area contributed by atoms with Gasteiger partial charge in [0.15, 0.2) is 0 Å². The van der Waals surface area contributed by atoms with Crippen LogP contribution in [0.15, 0.2) is 36.9 Å². The van der Waals surface area contributed by atoms with Gasteiger partial charge in [0, 0.05) is 55.7 Å². The molecule has 3 heterocycles. The van der Waals surface area contributed by atoms with E-state index in [1.54, 1.807) is 24.8 Å². The molecule has 6 nitrogen and oxygen atoms in total. The van der Waals surface area contributed by atoms with Crippen LogP contribution < -0.4 is 9.47 Å². The molecule has 3 rings (SSSR count). The minimum atomic E-state index is 0.169. The molecule has 1 fully saturated rings. The van der Waals surface area contributed by atoms with E-state index in [2.05, 4.69) is 26.1 Å². The second-order valence-electron chi connectivity index (χ2n) is 5.97. The van der Waals surface area contributed by atoms with Gasteiger partial charge in [-0.05, 0) is 25.2 Å². The van der Waals surface area contributed by atoms with Gasteiger partial charge in [-0.15, -0.1) is 0 Å². The van der Waals surface area contributed by atoms with Crippen molar-refractivity contribution in [2.24, 2.45) is 0 Å². The van der Waals surface area contributed by atoms with Crippen LogP contribution in [0, 0.1) is 0 Å². The van der Waals surface area contributed by atoms with Crippen LogP contribution in [0.4, 0.5) is 0 Å². The van der Waals surface area contributed by atoms with Gasteiger partial charge in [0.1, 0.15) is 12.7 Å². The molecule has 0 aromatic carbocycles. The van der Waals surface area contributed by atoms with Crippen molar-refractivity contribution in [3.63, 3.8) is 0 Å². The van der Waals surface area contributed by atoms with E-state index >= 15 is 0 Å². The van der Waals surface area contributed by atoms with Crippen molar-refractivity contribution in [2.75, 3.05) is 31.6 Å². The molecule has 0 N–H and O–H groups in total. The highest BCUT2D eigenvalue weighted by Gasteiger charge is 2.22. The molecular weight excluding hydrogens is 336 g/mol. The van der Waals surface area contributed by atoms with Crippen LogP contribution in [0.3, 0.4) is 0 Å². The van der Waals surface area contributed by atoms with E-state index in [1.807, 2.05) is 23.9 Å². The number of likely N-dealkylation sites (tertiary alicyclic amines) is 1. The summed E-state index contributed by atoms with van der Waals surface area (Å²) in [6, 6.07) is 3.85. The van der Waals surface area contributed by atoms with Crippen LogP contribution >= 0.6 is 11.8 Å². The predicted octanol–water partition coefficient (Wildman–Crippen LogP) is 2.66. The van der Waals surface area contributed by atoms with E-state index in [4.69, 9.17) is 9.47 Å². The smallest absolute Gasteiger partial charge is 0.278 e. The van der Waals surface area contributed by atoms with Gasteiger partial charge in [0.05, 0.1) is 0 Å². The van der Waals surface area contributed by atoms with Gasteiger partial charge in [0.2, 0.25) is 0 Å². The number of hydrogen-bond donors (Lipinski definition) is 0. The number of rotatable bonds is 8. The number of piperidine rings is 1. The molecule has 25 heavy (non-hydrogen) atoms. The highest BCUT2D eigenvalue weighted by Crippen LogP contribution is 2.25. The fourth-order valence-electron chi connectivity index (χ4n) is 2.76. The molecule has 0 radical (unpaired) electrons. The second-order valence-corrected chi connectivity index (χ2v) is 6.95. The first-order chi connectivity index (χ1) is 12.3. The lowest BCUT2D eigenvalue weighted by molar-refractivity contribution is 0.0948. The van der Waals surface area contributed by atoms with Crippen molar-refractivity contribution in [1.29, 1.82) is 0 Å². The zero-order chi connectivity index (χ0) is 17.3. The van der Waals surface area contributed by atoms with Crippen molar-refractivity contribution in [3.05, 3.63) is 42.5 Å². The Hall–Kier alpha value is -1.86. The van der Waals surface area contributed by atoms with Crippen LogP contribution in [-0.4, -0.2) is 57.6 Å². The summed E-state index contributed by atoms with van der Waals surface area (Å²) < 4.78 is 11.9. The van der Waals surface area contributed by atoms with Crippen molar-refractivity contribution < 1.29 is 9.47 Å².